The quantitative estimate of drug-likeness (QED) is 0.308. The van der Waals surface area contributed by atoms with Crippen LogP contribution in [0.4, 0.5) is 0 Å². The van der Waals surface area contributed by atoms with Crippen LogP contribution in [0.1, 0.15) is 122 Å². The van der Waals surface area contributed by atoms with E-state index < -0.39 is 0 Å². The Labute approximate surface area is 147 Å². The van der Waals surface area contributed by atoms with Crippen molar-refractivity contribution in [2.24, 2.45) is 0 Å². The van der Waals surface area contributed by atoms with Crippen molar-refractivity contribution in [1.29, 1.82) is 0 Å². The third-order valence-corrected chi connectivity index (χ3v) is 3.48. The molecule has 0 rings (SSSR count). The van der Waals surface area contributed by atoms with Gasteiger partial charge in [0.2, 0.25) is 0 Å². The van der Waals surface area contributed by atoms with Crippen molar-refractivity contribution < 1.29 is 0 Å². The zero-order valence-electron chi connectivity index (χ0n) is 12.6. The number of rotatable bonds is 13. The van der Waals surface area contributed by atoms with E-state index in [4.69, 9.17) is 0 Å². The first-order valence-corrected chi connectivity index (χ1v) is 8.07. The molecule has 1 heteroatoms. The Hall–Kier alpha value is -0.0400. The second-order valence-electron chi connectivity index (χ2n) is 5.32. The van der Waals surface area contributed by atoms with Gasteiger partial charge in [0.15, 0.2) is 0 Å². The number of hydrogen-bond acceptors (Lipinski definition) is 1. The molecule has 0 radical (unpaired) electrons. The zero-order chi connectivity index (χ0) is 12.8. The van der Waals surface area contributed by atoms with Gasteiger partial charge in [-0.25, -0.2) is 0 Å². The first-order chi connectivity index (χ1) is 8.35. The van der Waals surface area contributed by atoms with Gasteiger partial charge >= 0.3 is 0 Å². The minimum absolute atomic E-state index is 0. The maximum atomic E-state index is 2.70. The molecule has 0 saturated heterocycles. The summed E-state index contributed by atoms with van der Waals surface area (Å²) in [5.41, 5.74) is 0. The molecule has 0 fully saturated rings. The van der Waals surface area contributed by atoms with E-state index >= 15 is 0 Å². The van der Waals surface area contributed by atoms with Gasteiger partial charge < -0.3 is 4.90 Å². The first-order valence-electron chi connectivity index (χ1n) is 8.07. The average molecular weight is 322 g/mol. The Bertz CT molecular complexity index is 122. The van der Waals surface area contributed by atoms with E-state index in [1.807, 2.05) is 0 Å². The number of unbranched alkanes of at least 4 members (excludes halogenated alkanes) is 7. The lowest BCUT2D eigenvalue weighted by Gasteiger charge is -2.22. The van der Waals surface area contributed by atoms with Crippen LogP contribution in [-0.4, -0.2) is 24.5 Å². The minimum atomic E-state index is 0. The van der Waals surface area contributed by atoms with Gasteiger partial charge in [0, 0.05) is 0 Å². The number of hydrogen-bond donors (Lipinski definition) is 0. The lowest BCUT2D eigenvalue weighted by molar-refractivity contribution is 0.257. The predicted molar refractivity (Wildman–Crippen MR) is 113 cm³/mol. The van der Waals surface area contributed by atoms with E-state index in [9.17, 15) is 0 Å². The van der Waals surface area contributed by atoms with Gasteiger partial charge in [-0.2, -0.15) is 0 Å². The third-order valence-electron chi connectivity index (χ3n) is 3.48. The van der Waals surface area contributed by atoms with E-state index in [0.29, 0.717) is 0 Å². The molecular weight excluding hydrogens is 266 g/mol. The Kier molecular flexibility index (Phi) is 56.4. The Morgan fingerprint density at radius 2 is 0.727 bits per heavy atom. The van der Waals surface area contributed by atoms with Crippen molar-refractivity contribution in [2.75, 3.05) is 19.6 Å². The summed E-state index contributed by atoms with van der Waals surface area (Å²) in [6.45, 7) is 10.9. The van der Waals surface area contributed by atoms with E-state index in [2.05, 4.69) is 25.7 Å². The smallest absolute Gasteiger partial charge is 0.00187 e. The second-order valence-corrected chi connectivity index (χ2v) is 5.32. The van der Waals surface area contributed by atoms with Crippen molar-refractivity contribution in [2.45, 2.75) is 122 Å². The molecular formula is C21H55N. The molecule has 0 bridgehead atoms. The summed E-state index contributed by atoms with van der Waals surface area (Å²) in [4.78, 5) is 2.70. The van der Waals surface area contributed by atoms with Gasteiger partial charge in [-0.05, 0) is 38.9 Å². The molecule has 0 aliphatic carbocycles. The van der Waals surface area contributed by atoms with Crippen molar-refractivity contribution in [3.8, 4) is 0 Å². The molecule has 0 amide bonds. The standard InChI is InChI=1S/C16H35N.5CH4/c1-4-7-10-12-15-17(14-9-6-3)16-13-11-8-5-2;;;;;/h4-16H2,1-3H3;5*1H4. The van der Waals surface area contributed by atoms with Gasteiger partial charge in [0.1, 0.15) is 0 Å². The summed E-state index contributed by atoms with van der Waals surface area (Å²) in [6.07, 6.45) is 13.9. The van der Waals surface area contributed by atoms with Crippen LogP contribution in [0.25, 0.3) is 0 Å². The van der Waals surface area contributed by atoms with Crippen LogP contribution in [0.2, 0.25) is 0 Å². The van der Waals surface area contributed by atoms with E-state index in [0.717, 1.165) is 0 Å². The van der Waals surface area contributed by atoms with Gasteiger partial charge in [0.05, 0.1) is 0 Å². The monoisotopic (exact) mass is 321 g/mol. The molecule has 0 N–H and O–H groups in total. The molecule has 0 aromatic carbocycles. The second kappa shape index (κ2) is 32.8. The molecule has 0 unspecified atom stereocenters. The molecule has 0 heterocycles. The fraction of sp³-hybridized carbons (Fsp3) is 1.00. The molecule has 0 aromatic heterocycles. The predicted octanol–water partition coefficient (Wildman–Crippen LogP) is 8.43. The van der Waals surface area contributed by atoms with Gasteiger partial charge in [-0.15, -0.1) is 0 Å². The summed E-state index contributed by atoms with van der Waals surface area (Å²) >= 11 is 0. The van der Waals surface area contributed by atoms with Gasteiger partial charge in [-0.1, -0.05) is 103 Å². The SMILES string of the molecule is C.C.C.C.C.CCCCCCN(CCCC)CCCCCC. The molecule has 1 nitrogen and oxygen atoms in total. The Balaban J connectivity index is -0.000000128. The Morgan fingerprint density at radius 3 is 1.05 bits per heavy atom. The average Bonchev–Trinajstić information content (AvgIpc) is 2.35. The van der Waals surface area contributed by atoms with Crippen LogP contribution in [0.15, 0.2) is 0 Å². The fourth-order valence-electron chi connectivity index (χ4n) is 2.24. The molecule has 22 heavy (non-hydrogen) atoms. The highest BCUT2D eigenvalue weighted by atomic mass is 15.1. The summed E-state index contributed by atoms with van der Waals surface area (Å²) in [6, 6.07) is 0. The van der Waals surface area contributed by atoms with Gasteiger partial charge in [0.25, 0.3) is 0 Å². The molecule has 0 spiro atoms. The largest absolute Gasteiger partial charge is 0.303 e. The van der Waals surface area contributed by atoms with Crippen LogP contribution in [-0.2, 0) is 0 Å². The summed E-state index contributed by atoms with van der Waals surface area (Å²) in [7, 11) is 0. The van der Waals surface area contributed by atoms with Crippen LogP contribution in [0.5, 0.6) is 0 Å². The van der Waals surface area contributed by atoms with Crippen molar-refractivity contribution in [3.05, 3.63) is 0 Å². The van der Waals surface area contributed by atoms with Crippen LogP contribution in [0.3, 0.4) is 0 Å². The highest BCUT2D eigenvalue weighted by Gasteiger charge is 2.03. The normalized spacial score (nSPS) is 8.73. The highest BCUT2D eigenvalue weighted by molar-refractivity contribution is 4.59. The molecule has 0 aromatic rings. The topological polar surface area (TPSA) is 3.24 Å². The van der Waals surface area contributed by atoms with Crippen LogP contribution in [0, 0.1) is 0 Å². The summed E-state index contributed by atoms with van der Waals surface area (Å²) < 4.78 is 0. The van der Waals surface area contributed by atoms with Crippen LogP contribution < -0.4 is 0 Å². The molecule has 0 saturated carbocycles. The van der Waals surface area contributed by atoms with E-state index in [1.54, 1.807) is 0 Å². The summed E-state index contributed by atoms with van der Waals surface area (Å²) in [5, 5.41) is 0. The van der Waals surface area contributed by atoms with Crippen molar-refractivity contribution >= 4 is 0 Å². The molecule has 0 aliphatic rings. The highest BCUT2D eigenvalue weighted by Crippen LogP contribution is 2.06. The minimum Gasteiger partial charge on any atom is -0.303 e. The van der Waals surface area contributed by atoms with Gasteiger partial charge in [-0.3, -0.25) is 0 Å². The number of nitrogens with zero attached hydrogens (tertiary/aromatic N) is 1. The van der Waals surface area contributed by atoms with E-state index in [-0.39, 0.29) is 37.1 Å². The zero-order valence-corrected chi connectivity index (χ0v) is 12.6. The molecule has 0 aliphatic heterocycles. The maximum Gasteiger partial charge on any atom is -0.00187 e. The first kappa shape index (κ1) is 37.9. The summed E-state index contributed by atoms with van der Waals surface area (Å²) in [5.74, 6) is 0. The van der Waals surface area contributed by atoms with E-state index in [1.165, 1.54) is 83.8 Å². The molecule has 0 atom stereocenters. The lowest BCUT2D eigenvalue weighted by atomic mass is 10.1. The van der Waals surface area contributed by atoms with Crippen molar-refractivity contribution in [1.82, 2.24) is 4.90 Å². The molecule has 144 valence electrons. The fourth-order valence-corrected chi connectivity index (χ4v) is 2.24. The third kappa shape index (κ3) is 28.2. The lowest BCUT2D eigenvalue weighted by Crippen LogP contribution is -2.27. The van der Waals surface area contributed by atoms with Crippen LogP contribution >= 0.6 is 0 Å². The van der Waals surface area contributed by atoms with Crippen molar-refractivity contribution in [3.63, 3.8) is 0 Å². The maximum absolute atomic E-state index is 2.70. The Morgan fingerprint density at radius 1 is 0.409 bits per heavy atom.